The second-order valence-electron chi connectivity index (χ2n) is 6.27. The van der Waals surface area contributed by atoms with E-state index in [9.17, 15) is 4.79 Å². The van der Waals surface area contributed by atoms with Crippen LogP contribution in [0.15, 0.2) is 29.3 Å². The van der Waals surface area contributed by atoms with Gasteiger partial charge in [-0.2, -0.15) is 0 Å². The quantitative estimate of drug-likeness (QED) is 0.406. The summed E-state index contributed by atoms with van der Waals surface area (Å²) in [5, 5.41) is 3.21. The van der Waals surface area contributed by atoms with Gasteiger partial charge in [0.15, 0.2) is 5.96 Å². The van der Waals surface area contributed by atoms with E-state index < -0.39 is 0 Å². The van der Waals surface area contributed by atoms with Gasteiger partial charge in [0.05, 0.1) is 33.5 Å². The molecule has 1 aliphatic heterocycles. The summed E-state index contributed by atoms with van der Waals surface area (Å²) < 4.78 is 15.7. The first-order valence-corrected chi connectivity index (χ1v) is 9.31. The zero-order valence-corrected chi connectivity index (χ0v) is 16.1. The van der Waals surface area contributed by atoms with Gasteiger partial charge in [0.25, 0.3) is 0 Å². The van der Waals surface area contributed by atoms with Crippen molar-refractivity contribution in [1.82, 2.24) is 10.2 Å². The van der Waals surface area contributed by atoms with Crippen molar-refractivity contribution in [2.75, 3.05) is 40.0 Å². The number of nitrogens with zero attached hydrogens (tertiary/aromatic N) is 2. The average Bonchev–Trinajstić information content (AvgIpc) is 2.69. The van der Waals surface area contributed by atoms with E-state index in [0.717, 1.165) is 24.2 Å². The number of piperidine rings is 1. The number of carbonyl (C=O) groups is 1. The fourth-order valence-corrected chi connectivity index (χ4v) is 2.82. The number of methoxy groups -OCH3 is 1. The van der Waals surface area contributed by atoms with Gasteiger partial charge in [0, 0.05) is 19.1 Å². The lowest BCUT2D eigenvalue weighted by Gasteiger charge is -2.31. The number of benzene rings is 1. The Bertz CT molecular complexity index is 598. The molecule has 0 aliphatic carbocycles. The molecule has 8 heteroatoms. The van der Waals surface area contributed by atoms with Crippen LogP contribution in [-0.4, -0.2) is 63.0 Å². The van der Waals surface area contributed by atoms with E-state index >= 15 is 0 Å². The number of amides is 1. The lowest BCUT2D eigenvalue weighted by Crippen LogP contribution is -2.48. The van der Waals surface area contributed by atoms with Crippen LogP contribution in [0.2, 0.25) is 0 Å². The maximum absolute atomic E-state index is 11.7. The molecule has 2 rings (SSSR count). The predicted molar refractivity (Wildman–Crippen MR) is 104 cm³/mol. The minimum atomic E-state index is -0.244. The molecule has 3 N–H and O–H groups in total. The van der Waals surface area contributed by atoms with Crippen LogP contribution in [0.3, 0.4) is 0 Å². The molecule has 1 saturated heterocycles. The number of guanidine groups is 1. The summed E-state index contributed by atoms with van der Waals surface area (Å²) in [4.78, 5) is 17.7. The molecule has 0 unspecified atom stereocenters. The fourth-order valence-electron chi connectivity index (χ4n) is 2.82. The Balaban J connectivity index is 1.60. The summed E-state index contributed by atoms with van der Waals surface area (Å²) in [7, 11) is 1.64. The van der Waals surface area contributed by atoms with E-state index in [1.165, 1.54) is 0 Å². The third-order valence-corrected chi connectivity index (χ3v) is 4.32. The molecule has 0 spiro atoms. The molecule has 0 bridgehead atoms. The van der Waals surface area contributed by atoms with Gasteiger partial charge in [0.1, 0.15) is 5.75 Å². The Labute approximate surface area is 160 Å². The Morgan fingerprint density at radius 3 is 2.63 bits per heavy atom. The molecule has 8 nitrogen and oxygen atoms in total. The lowest BCUT2D eigenvalue weighted by atomic mass is 10.1. The second kappa shape index (κ2) is 11.3. The first-order valence-electron chi connectivity index (χ1n) is 9.31. The first-order chi connectivity index (χ1) is 13.1. The number of likely N-dealkylation sites (tertiary alicyclic amines) is 1. The van der Waals surface area contributed by atoms with Crippen molar-refractivity contribution in [3.8, 4) is 5.75 Å². The number of nitrogens with two attached hydrogens (primary N) is 1. The summed E-state index contributed by atoms with van der Waals surface area (Å²) in [6.45, 7) is 5.05. The van der Waals surface area contributed by atoms with Crippen LogP contribution < -0.4 is 15.8 Å². The van der Waals surface area contributed by atoms with Gasteiger partial charge in [-0.05, 0) is 37.5 Å². The van der Waals surface area contributed by atoms with Gasteiger partial charge in [-0.1, -0.05) is 12.1 Å². The molecule has 1 aromatic rings. The van der Waals surface area contributed by atoms with Crippen LogP contribution in [0.4, 0.5) is 4.79 Å². The number of hydrogen-bond donors (Lipinski definition) is 2. The Morgan fingerprint density at radius 2 is 2.00 bits per heavy atom. The number of rotatable bonds is 8. The highest BCUT2D eigenvalue weighted by Gasteiger charge is 2.23. The molecule has 27 heavy (non-hydrogen) atoms. The van der Waals surface area contributed by atoms with Crippen LogP contribution in [0.5, 0.6) is 5.75 Å². The van der Waals surface area contributed by atoms with Gasteiger partial charge >= 0.3 is 6.09 Å². The highest BCUT2D eigenvalue weighted by molar-refractivity contribution is 5.78. The summed E-state index contributed by atoms with van der Waals surface area (Å²) >= 11 is 0. The molecular formula is C19H30N4O4. The largest absolute Gasteiger partial charge is 0.497 e. The first kappa shape index (κ1) is 20.8. The van der Waals surface area contributed by atoms with Crippen LogP contribution in [-0.2, 0) is 16.1 Å². The van der Waals surface area contributed by atoms with Crippen molar-refractivity contribution in [3.05, 3.63) is 29.8 Å². The molecule has 0 saturated carbocycles. The van der Waals surface area contributed by atoms with Gasteiger partial charge in [0.2, 0.25) is 0 Å². The molecule has 1 heterocycles. The minimum Gasteiger partial charge on any atom is -0.497 e. The molecule has 1 aromatic carbocycles. The Hall–Kier alpha value is -2.48. The third kappa shape index (κ3) is 7.34. The van der Waals surface area contributed by atoms with Crippen molar-refractivity contribution in [1.29, 1.82) is 0 Å². The van der Waals surface area contributed by atoms with Crippen LogP contribution >= 0.6 is 0 Å². The van der Waals surface area contributed by atoms with Crippen molar-refractivity contribution in [3.63, 3.8) is 0 Å². The molecule has 150 valence electrons. The van der Waals surface area contributed by atoms with Crippen LogP contribution in [0.25, 0.3) is 0 Å². The molecule has 0 radical (unpaired) electrons. The normalized spacial score (nSPS) is 15.5. The molecule has 0 aromatic heterocycles. The zero-order chi connectivity index (χ0) is 19.5. The molecule has 1 amide bonds. The van der Waals surface area contributed by atoms with E-state index in [4.69, 9.17) is 19.9 Å². The van der Waals surface area contributed by atoms with E-state index in [1.54, 1.807) is 12.0 Å². The zero-order valence-electron chi connectivity index (χ0n) is 16.1. The van der Waals surface area contributed by atoms with E-state index in [0.29, 0.717) is 45.4 Å². The smallest absolute Gasteiger partial charge is 0.409 e. The van der Waals surface area contributed by atoms with E-state index in [-0.39, 0.29) is 12.1 Å². The highest BCUT2D eigenvalue weighted by atomic mass is 16.6. The fraction of sp³-hybridized carbons (Fsp3) is 0.579. The average molecular weight is 378 g/mol. The lowest BCUT2D eigenvalue weighted by molar-refractivity contribution is 0.0963. The van der Waals surface area contributed by atoms with Crippen molar-refractivity contribution in [2.24, 2.45) is 10.7 Å². The Morgan fingerprint density at radius 1 is 1.30 bits per heavy atom. The third-order valence-electron chi connectivity index (χ3n) is 4.32. The number of carbonyl (C=O) groups excluding carboxylic acids is 1. The van der Waals surface area contributed by atoms with Crippen molar-refractivity contribution >= 4 is 12.1 Å². The van der Waals surface area contributed by atoms with E-state index in [2.05, 4.69) is 10.3 Å². The van der Waals surface area contributed by atoms with Gasteiger partial charge < -0.3 is 30.2 Å². The number of nitrogens with one attached hydrogen (secondary N) is 1. The van der Waals surface area contributed by atoms with Crippen LogP contribution in [0, 0.1) is 0 Å². The number of ether oxygens (including phenoxy) is 3. The van der Waals surface area contributed by atoms with Gasteiger partial charge in [-0.25, -0.2) is 4.79 Å². The van der Waals surface area contributed by atoms with Crippen molar-refractivity contribution in [2.45, 2.75) is 32.4 Å². The van der Waals surface area contributed by atoms with E-state index in [1.807, 2.05) is 31.2 Å². The second-order valence-corrected chi connectivity index (χ2v) is 6.27. The molecule has 0 atom stereocenters. The monoisotopic (exact) mass is 378 g/mol. The standard InChI is InChI=1S/C19H30N4O4/c1-3-27-19(24)23-11-8-16(9-12-23)22-18(20)21-10-13-26-14-15-4-6-17(25-2)7-5-15/h4-7,16H,3,8-14H2,1-2H3,(H3,20,21,22). The maximum Gasteiger partial charge on any atom is 0.409 e. The predicted octanol–water partition coefficient (Wildman–Crippen LogP) is 1.74. The highest BCUT2D eigenvalue weighted by Crippen LogP contribution is 2.12. The SMILES string of the molecule is CCOC(=O)N1CCC(NC(N)=NCCOCc2ccc(OC)cc2)CC1. The number of aliphatic imine (C=N–C) groups is 1. The summed E-state index contributed by atoms with van der Waals surface area (Å²) in [5.74, 6) is 1.24. The summed E-state index contributed by atoms with van der Waals surface area (Å²) in [6.07, 6.45) is 1.40. The minimum absolute atomic E-state index is 0.222. The maximum atomic E-state index is 11.7. The molecule has 1 aliphatic rings. The van der Waals surface area contributed by atoms with Gasteiger partial charge in [-0.15, -0.1) is 0 Å². The Kier molecular flexibility index (Phi) is 8.70. The van der Waals surface area contributed by atoms with Crippen molar-refractivity contribution < 1.29 is 19.0 Å². The number of hydrogen-bond acceptors (Lipinski definition) is 5. The summed E-state index contributed by atoms with van der Waals surface area (Å²) in [6, 6.07) is 7.99. The topological polar surface area (TPSA) is 98.4 Å². The summed E-state index contributed by atoms with van der Waals surface area (Å²) in [5.41, 5.74) is 7.02. The molecule has 1 fully saturated rings. The van der Waals surface area contributed by atoms with Crippen LogP contribution in [0.1, 0.15) is 25.3 Å². The van der Waals surface area contributed by atoms with Gasteiger partial charge in [-0.3, -0.25) is 4.99 Å². The molecular weight excluding hydrogens is 348 g/mol.